The molecule has 0 spiro atoms. The SMILES string of the molecule is COc1cc(NC(C)c2ccc(/C=C\C(=O)Nc3ccccc3N)cc2)cc(OC)c1OC. The Balaban J connectivity index is 1.65. The molecule has 1 unspecified atom stereocenters. The standard InChI is InChI=1S/C26H29N3O4/c1-17(28-20-15-23(31-2)26(33-4)24(16-20)32-3)19-12-9-18(10-13-19)11-14-25(30)29-22-8-6-5-7-21(22)27/h5-17,28H,27H2,1-4H3,(H,29,30)/b14-11-. The van der Waals surface area contributed by atoms with Gasteiger partial charge in [-0.3, -0.25) is 4.79 Å². The molecule has 172 valence electrons. The molecule has 0 aliphatic carbocycles. The Morgan fingerprint density at radius 1 is 0.939 bits per heavy atom. The molecule has 0 aliphatic heterocycles. The van der Waals surface area contributed by atoms with Crippen molar-refractivity contribution < 1.29 is 19.0 Å². The van der Waals surface area contributed by atoms with Gasteiger partial charge in [0.05, 0.1) is 32.7 Å². The smallest absolute Gasteiger partial charge is 0.248 e. The molecule has 0 aliphatic rings. The quantitative estimate of drug-likeness (QED) is 0.311. The molecule has 0 saturated carbocycles. The van der Waals surface area contributed by atoms with Crippen LogP contribution in [0.2, 0.25) is 0 Å². The predicted molar refractivity (Wildman–Crippen MR) is 133 cm³/mol. The molecule has 3 aromatic carbocycles. The van der Waals surface area contributed by atoms with E-state index in [9.17, 15) is 4.79 Å². The molecule has 4 N–H and O–H groups in total. The molecule has 3 aromatic rings. The zero-order valence-electron chi connectivity index (χ0n) is 19.2. The summed E-state index contributed by atoms with van der Waals surface area (Å²) in [5.74, 6) is 1.48. The fraction of sp³-hybridized carbons (Fsp3) is 0.192. The molecule has 1 atom stereocenters. The molecule has 1 amide bonds. The van der Waals surface area contributed by atoms with Crippen LogP contribution < -0.4 is 30.6 Å². The van der Waals surface area contributed by atoms with Crippen LogP contribution in [0, 0.1) is 0 Å². The van der Waals surface area contributed by atoms with Crippen molar-refractivity contribution in [2.24, 2.45) is 0 Å². The van der Waals surface area contributed by atoms with Gasteiger partial charge in [0.2, 0.25) is 11.7 Å². The fourth-order valence-electron chi connectivity index (χ4n) is 3.35. The summed E-state index contributed by atoms with van der Waals surface area (Å²) in [5, 5.41) is 6.23. The number of benzene rings is 3. The Bertz CT molecular complexity index is 1100. The fourth-order valence-corrected chi connectivity index (χ4v) is 3.35. The van der Waals surface area contributed by atoms with E-state index in [1.54, 1.807) is 39.5 Å². The zero-order valence-corrected chi connectivity index (χ0v) is 19.2. The number of nitrogen functional groups attached to an aromatic ring is 1. The van der Waals surface area contributed by atoms with E-state index in [-0.39, 0.29) is 11.9 Å². The van der Waals surface area contributed by atoms with Crippen LogP contribution in [0.4, 0.5) is 17.1 Å². The minimum Gasteiger partial charge on any atom is -0.493 e. The summed E-state index contributed by atoms with van der Waals surface area (Å²) in [5.41, 5.74) is 9.82. The van der Waals surface area contributed by atoms with Crippen molar-refractivity contribution in [3.05, 3.63) is 77.9 Å². The number of rotatable bonds is 9. The lowest BCUT2D eigenvalue weighted by Crippen LogP contribution is -2.09. The number of hydrogen-bond acceptors (Lipinski definition) is 6. The van der Waals surface area contributed by atoms with E-state index in [4.69, 9.17) is 19.9 Å². The second kappa shape index (κ2) is 10.9. The molecule has 0 heterocycles. The maximum absolute atomic E-state index is 12.2. The Kier molecular flexibility index (Phi) is 7.81. The van der Waals surface area contributed by atoms with E-state index in [1.807, 2.05) is 48.5 Å². The third-order valence-electron chi connectivity index (χ3n) is 5.13. The zero-order chi connectivity index (χ0) is 23.8. The van der Waals surface area contributed by atoms with Crippen LogP contribution in [0.15, 0.2) is 66.7 Å². The summed E-state index contributed by atoms with van der Waals surface area (Å²) in [6, 6.07) is 18.9. The normalized spacial score (nSPS) is 11.6. The van der Waals surface area contributed by atoms with E-state index >= 15 is 0 Å². The second-order valence-corrected chi connectivity index (χ2v) is 7.36. The average molecular weight is 448 g/mol. The largest absolute Gasteiger partial charge is 0.493 e. The first-order valence-electron chi connectivity index (χ1n) is 10.4. The highest BCUT2D eigenvalue weighted by atomic mass is 16.5. The average Bonchev–Trinajstić information content (AvgIpc) is 2.83. The van der Waals surface area contributed by atoms with Crippen molar-refractivity contribution in [3.63, 3.8) is 0 Å². The van der Waals surface area contributed by atoms with Crippen molar-refractivity contribution in [3.8, 4) is 17.2 Å². The lowest BCUT2D eigenvalue weighted by atomic mass is 10.1. The molecule has 0 saturated heterocycles. The summed E-state index contributed by atoms with van der Waals surface area (Å²) in [4.78, 5) is 12.2. The van der Waals surface area contributed by atoms with Crippen LogP contribution in [0.25, 0.3) is 6.08 Å². The summed E-state index contributed by atoms with van der Waals surface area (Å²) < 4.78 is 16.2. The van der Waals surface area contributed by atoms with Crippen molar-refractivity contribution in [1.82, 2.24) is 0 Å². The van der Waals surface area contributed by atoms with E-state index < -0.39 is 0 Å². The molecule has 0 aromatic heterocycles. The van der Waals surface area contributed by atoms with Crippen molar-refractivity contribution in [2.75, 3.05) is 37.7 Å². The topological polar surface area (TPSA) is 94.8 Å². The maximum atomic E-state index is 12.2. The molecule has 3 rings (SSSR count). The Labute approximate surface area is 194 Å². The van der Waals surface area contributed by atoms with E-state index in [0.29, 0.717) is 28.6 Å². The highest BCUT2D eigenvalue weighted by Crippen LogP contribution is 2.40. The Morgan fingerprint density at radius 2 is 1.58 bits per heavy atom. The van der Waals surface area contributed by atoms with Gasteiger partial charge in [0, 0.05) is 29.9 Å². The first kappa shape index (κ1) is 23.5. The van der Waals surface area contributed by atoms with Gasteiger partial charge in [-0.1, -0.05) is 36.4 Å². The van der Waals surface area contributed by atoms with Crippen LogP contribution in [0.3, 0.4) is 0 Å². The Morgan fingerprint density at radius 3 is 2.15 bits per heavy atom. The summed E-state index contributed by atoms with van der Waals surface area (Å²) >= 11 is 0. The molecular formula is C26H29N3O4. The highest BCUT2D eigenvalue weighted by Gasteiger charge is 2.14. The van der Waals surface area contributed by atoms with Gasteiger partial charge in [0.25, 0.3) is 0 Å². The monoisotopic (exact) mass is 447 g/mol. The number of nitrogens with two attached hydrogens (primary N) is 1. The number of nitrogens with one attached hydrogen (secondary N) is 2. The number of anilines is 3. The lowest BCUT2D eigenvalue weighted by molar-refractivity contribution is -0.111. The van der Waals surface area contributed by atoms with Crippen LogP contribution in [0.1, 0.15) is 24.1 Å². The van der Waals surface area contributed by atoms with Gasteiger partial charge in [-0.15, -0.1) is 0 Å². The first-order chi connectivity index (χ1) is 15.9. The van der Waals surface area contributed by atoms with Crippen LogP contribution in [0.5, 0.6) is 17.2 Å². The Hall–Kier alpha value is -4.13. The molecule has 0 bridgehead atoms. The van der Waals surface area contributed by atoms with Crippen LogP contribution >= 0.6 is 0 Å². The molecular weight excluding hydrogens is 418 g/mol. The van der Waals surface area contributed by atoms with E-state index in [2.05, 4.69) is 17.6 Å². The third kappa shape index (κ3) is 5.98. The van der Waals surface area contributed by atoms with E-state index in [0.717, 1.165) is 16.8 Å². The first-order valence-corrected chi connectivity index (χ1v) is 10.4. The van der Waals surface area contributed by atoms with Gasteiger partial charge in [-0.2, -0.15) is 0 Å². The van der Waals surface area contributed by atoms with Gasteiger partial charge in [-0.05, 0) is 36.3 Å². The van der Waals surface area contributed by atoms with Gasteiger partial charge >= 0.3 is 0 Å². The van der Waals surface area contributed by atoms with Gasteiger partial charge in [0.1, 0.15) is 0 Å². The molecule has 0 fully saturated rings. The predicted octanol–water partition coefficient (Wildman–Crippen LogP) is 5.12. The third-order valence-corrected chi connectivity index (χ3v) is 5.13. The summed E-state index contributed by atoms with van der Waals surface area (Å²) in [7, 11) is 4.75. The highest BCUT2D eigenvalue weighted by molar-refractivity contribution is 6.03. The summed E-state index contributed by atoms with van der Waals surface area (Å²) in [6.07, 6.45) is 3.24. The van der Waals surface area contributed by atoms with E-state index in [1.165, 1.54) is 6.08 Å². The molecule has 33 heavy (non-hydrogen) atoms. The number of para-hydroxylation sites is 2. The number of hydrogen-bond donors (Lipinski definition) is 3. The van der Waals surface area contributed by atoms with Crippen molar-refractivity contribution in [1.29, 1.82) is 0 Å². The second-order valence-electron chi connectivity index (χ2n) is 7.36. The number of ether oxygens (including phenoxy) is 3. The molecule has 0 radical (unpaired) electrons. The van der Waals surface area contributed by atoms with Crippen molar-refractivity contribution in [2.45, 2.75) is 13.0 Å². The number of carbonyl (C=O) groups is 1. The van der Waals surface area contributed by atoms with Gasteiger partial charge in [0.15, 0.2) is 11.5 Å². The minimum atomic E-state index is -0.241. The number of methoxy groups -OCH3 is 3. The van der Waals surface area contributed by atoms with Crippen LogP contribution in [-0.2, 0) is 4.79 Å². The number of amides is 1. The van der Waals surface area contributed by atoms with Gasteiger partial charge < -0.3 is 30.6 Å². The van der Waals surface area contributed by atoms with Crippen LogP contribution in [-0.4, -0.2) is 27.2 Å². The number of carbonyl (C=O) groups excluding carboxylic acids is 1. The summed E-state index contributed by atoms with van der Waals surface area (Å²) in [6.45, 7) is 2.06. The van der Waals surface area contributed by atoms with Gasteiger partial charge in [-0.25, -0.2) is 0 Å². The van der Waals surface area contributed by atoms with Crippen molar-refractivity contribution >= 4 is 29.0 Å². The molecule has 7 nitrogen and oxygen atoms in total. The molecule has 7 heteroatoms. The minimum absolute atomic E-state index is 0.0233. The maximum Gasteiger partial charge on any atom is 0.248 e. The lowest BCUT2D eigenvalue weighted by Gasteiger charge is -2.19.